The molecular weight excluding hydrogens is 288 g/mol. The molecule has 0 N–H and O–H groups in total. The molecule has 0 saturated carbocycles. The fourth-order valence-electron chi connectivity index (χ4n) is 1.81. The minimum absolute atomic E-state index is 0.00634. The molecule has 21 heavy (non-hydrogen) atoms. The predicted molar refractivity (Wildman–Crippen MR) is 83.4 cm³/mol. The minimum atomic E-state index is -0.318. The standard InChI is InChI=1S/C15H22N2O3S/c1-5-21-13-7-6-12(10-16-13)15(19)17(11(2)3)9-8-14(18)20-4/h6-7,10-11H,5,8-9H2,1-4H3. The van der Waals surface area contributed by atoms with E-state index in [2.05, 4.69) is 16.6 Å². The van der Waals surface area contributed by atoms with E-state index in [0.29, 0.717) is 12.1 Å². The van der Waals surface area contributed by atoms with Crippen LogP contribution in [0, 0.1) is 0 Å². The Morgan fingerprint density at radius 1 is 1.38 bits per heavy atom. The lowest BCUT2D eigenvalue weighted by Gasteiger charge is -2.26. The Kier molecular flexibility index (Phi) is 7.22. The molecule has 5 nitrogen and oxygen atoms in total. The van der Waals surface area contributed by atoms with E-state index in [1.54, 1.807) is 28.9 Å². The Bertz CT molecular complexity index is 474. The highest BCUT2D eigenvalue weighted by atomic mass is 32.2. The number of nitrogens with zero attached hydrogens (tertiary/aromatic N) is 2. The first kappa shape index (κ1) is 17.5. The van der Waals surface area contributed by atoms with Crippen LogP contribution in [0.25, 0.3) is 0 Å². The molecular formula is C15H22N2O3S. The molecule has 1 aromatic rings. The lowest BCUT2D eigenvalue weighted by Crippen LogP contribution is -2.38. The smallest absolute Gasteiger partial charge is 0.307 e. The van der Waals surface area contributed by atoms with Gasteiger partial charge in [0.2, 0.25) is 0 Å². The van der Waals surface area contributed by atoms with Crippen molar-refractivity contribution in [3.8, 4) is 0 Å². The molecule has 6 heteroatoms. The number of thioether (sulfide) groups is 1. The summed E-state index contributed by atoms with van der Waals surface area (Å²) >= 11 is 1.63. The molecule has 1 amide bonds. The first-order valence-electron chi connectivity index (χ1n) is 6.96. The lowest BCUT2D eigenvalue weighted by molar-refractivity contribution is -0.140. The van der Waals surface area contributed by atoms with Crippen molar-refractivity contribution >= 4 is 23.6 Å². The van der Waals surface area contributed by atoms with Crippen LogP contribution in [0.1, 0.15) is 37.6 Å². The molecule has 0 bridgehead atoms. The zero-order valence-electron chi connectivity index (χ0n) is 13.0. The number of hydrogen-bond donors (Lipinski definition) is 0. The van der Waals surface area contributed by atoms with E-state index in [-0.39, 0.29) is 24.3 Å². The number of carbonyl (C=O) groups excluding carboxylic acids is 2. The van der Waals surface area contributed by atoms with Gasteiger partial charge in [0.05, 0.1) is 24.1 Å². The van der Waals surface area contributed by atoms with E-state index in [4.69, 9.17) is 0 Å². The molecule has 0 radical (unpaired) electrons. The van der Waals surface area contributed by atoms with Gasteiger partial charge in [0.25, 0.3) is 5.91 Å². The summed E-state index contributed by atoms with van der Waals surface area (Å²) < 4.78 is 4.62. The first-order chi connectivity index (χ1) is 9.99. The average Bonchev–Trinajstić information content (AvgIpc) is 2.47. The number of methoxy groups -OCH3 is 1. The third-order valence-electron chi connectivity index (χ3n) is 2.94. The summed E-state index contributed by atoms with van der Waals surface area (Å²) in [6.45, 7) is 6.24. The Morgan fingerprint density at radius 2 is 2.10 bits per heavy atom. The predicted octanol–water partition coefficient (Wildman–Crippen LogP) is 2.61. The van der Waals surface area contributed by atoms with Gasteiger partial charge in [-0.25, -0.2) is 4.98 Å². The fourth-order valence-corrected chi connectivity index (χ4v) is 2.40. The monoisotopic (exact) mass is 310 g/mol. The third-order valence-corrected chi connectivity index (χ3v) is 3.77. The Balaban J connectivity index is 2.77. The van der Waals surface area contributed by atoms with Crippen LogP contribution in [0.3, 0.4) is 0 Å². The highest BCUT2D eigenvalue weighted by molar-refractivity contribution is 7.99. The van der Waals surface area contributed by atoms with Gasteiger partial charge in [0.15, 0.2) is 0 Å². The molecule has 0 fully saturated rings. The quantitative estimate of drug-likeness (QED) is 0.572. The van der Waals surface area contributed by atoms with Crippen molar-refractivity contribution in [2.24, 2.45) is 0 Å². The van der Waals surface area contributed by atoms with Gasteiger partial charge in [-0.15, -0.1) is 11.8 Å². The van der Waals surface area contributed by atoms with Crippen molar-refractivity contribution in [1.29, 1.82) is 0 Å². The van der Waals surface area contributed by atoms with Crippen LogP contribution in [-0.2, 0) is 9.53 Å². The minimum Gasteiger partial charge on any atom is -0.469 e. The second-order valence-corrected chi connectivity index (χ2v) is 6.02. The van der Waals surface area contributed by atoms with E-state index in [0.717, 1.165) is 10.8 Å². The number of amides is 1. The van der Waals surface area contributed by atoms with Gasteiger partial charge in [0, 0.05) is 18.8 Å². The third kappa shape index (κ3) is 5.38. The molecule has 0 aliphatic carbocycles. The molecule has 0 saturated heterocycles. The molecule has 1 rings (SSSR count). The van der Waals surface area contributed by atoms with Crippen LogP contribution < -0.4 is 0 Å². The Labute approximate surface area is 130 Å². The van der Waals surface area contributed by atoms with Gasteiger partial charge in [0.1, 0.15) is 0 Å². The zero-order chi connectivity index (χ0) is 15.8. The lowest BCUT2D eigenvalue weighted by atomic mass is 10.2. The van der Waals surface area contributed by atoms with E-state index >= 15 is 0 Å². The fraction of sp³-hybridized carbons (Fsp3) is 0.533. The maximum Gasteiger partial charge on any atom is 0.307 e. The summed E-state index contributed by atoms with van der Waals surface area (Å²) in [6.07, 6.45) is 1.78. The Hall–Kier alpha value is -1.56. The van der Waals surface area contributed by atoms with Crippen LogP contribution in [0.2, 0.25) is 0 Å². The number of hydrogen-bond acceptors (Lipinski definition) is 5. The van der Waals surface area contributed by atoms with Crippen molar-refractivity contribution in [3.63, 3.8) is 0 Å². The number of aromatic nitrogens is 1. The molecule has 116 valence electrons. The molecule has 0 aliphatic rings. The van der Waals surface area contributed by atoms with E-state index in [9.17, 15) is 9.59 Å². The van der Waals surface area contributed by atoms with Gasteiger partial charge in [-0.2, -0.15) is 0 Å². The summed E-state index contributed by atoms with van der Waals surface area (Å²) in [5.74, 6) is 0.507. The summed E-state index contributed by atoms with van der Waals surface area (Å²) in [5.41, 5.74) is 0.536. The normalized spacial score (nSPS) is 10.5. The van der Waals surface area contributed by atoms with Gasteiger partial charge in [-0.3, -0.25) is 9.59 Å². The first-order valence-corrected chi connectivity index (χ1v) is 7.94. The molecule has 0 unspecified atom stereocenters. The van der Waals surface area contributed by atoms with Crippen LogP contribution in [-0.4, -0.2) is 47.2 Å². The highest BCUT2D eigenvalue weighted by Gasteiger charge is 2.20. The van der Waals surface area contributed by atoms with E-state index in [1.807, 2.05) is 19.9 Å². The summed E-state index contributed by atoms with van der Waals surface area (Å²) in [6, 6.07) is 3.63. The summed E-state index contributed by atoms with van der Waals surface area (Å²) in [5, 5.41) is 0.903. The number of ether oxygens (including phenoxy) is 1. The van der Waals surface area contributed by atoms with E-state index in [1.165, 1.54) is 7.11 Å². The maximum atomic E-state index is 12.5. The van der Waals surface area contributed by atoms with Crippen molar-refractivity contribution in [2.75, 3.05) is 19.4 Å². The molecule has 0 aliphatic heterocycles. The number of carbonyl (C=O) groups is 2. The zero-order valence-corrected chi connectivity index (χ0v) is 13.8. The average molecular weight is 310 g/mol. The second-order valence-electron chi connectivity index (χ2n) is 4.74. The highest BCUT2D eigenvalue weighted by Crippen LogP contribution is 2.16. The maximum absolute atomic E-state index is 12.5. The van der Waals surface area contributed by atoms with Crippen LogP contribution in [0.15, 0.2) is 23.4 Å². The molecule has 0 spiro atoms. The van der Waals surface area contributed by atoms with Crippen molar-refractivity contribution in [2.45, 2.75) is 38.3 Å². The van der Waals surface area contributed by atoms with Crippen molar-refractivity contribution in [3.05, 3.63) is 23.9 Å². The van der Waals surface area contributed by atoms with Crippen molar-refractivity contribution < 1.29 is 14.3 Å². The van der Waals surface area contributed by atoms with Gasteiger partial charge in [-0.1, -0.05) is 6.92 Å². The van der Waals surface area contributed by atoms with Crippen molar-refractivity contribution in [1.82, 2.24) is 9.88 Å². The van der Waals surface area contributed by atoms with Gasteiger partial charge < -0.3 is 9.64 Å². The molecule has 0 atom stereocenters. The Morgan fingerprint density at radius 3 is 2.57 bits per heavy atom. The summed E-state index contributed by atoms with van der Waals surface area (Å²) in [4.78, 5) is 29.6. The SMILES string of the molecule is CCSc1ccc(C(=O)N(CCC(=O)OC)C(C)C)cn1. The summed E-state index contributed by atoms with van der Waals surface area (Å²) in [7, 11) is 1.35. The molecule has 1 aromatic heterocycles. The number of pyridine rings is 1. The second kappa shape index (κ2) is 8.67. The molecule has 1 heterocycles. The topological polar surface area (TPSA) is 59.5 Å². The van der Waals surface area contributed by atoms with Gasteiger partial charge >= 0.3 is 5.97 Å². The number of esters is 1. The van der Waals surface area contributed by atoms with Crippen LogP contribution in [0.4, 0.5) is 0 Å². The van der Waals surface area contributed by atoms with E-state index < -0.39 is 0 Å². The van der Waals surface area contributed by atoms with Crippen LogP contribution in [0.5, 0.6) is 0 Å². The number of rotatable bonds is 7. The van der Waals surface area contributed by atoms with Gasteiger partial charge in [-0.05, 0) is 31.7 Å². The molecule has 0 aromatic carbocycles. The largest absolute Gasteiger partial charge is 0.469 e. The van der Waals surface area contributed by atoms with Crippen LogP contribution >= 0.6 is 11.8 Å².